The molecule has 0 heterocycles. The first-order valence-corrected chi connectivity index (χ1v) is 8.55. The second-order valence-electron chi connectivity index (χ2n) is 5.94. The zero-order valence-corrected chi connectivity index (χ0v) is 13.9. The van der Waals surface area contributed by atoms with Crippen LogP contribution in [0.25, 0.3) is 0 Å². The van der Waals surface area contributed by atoms with E-state index in [0.29, 0.717) is 25.4 Å². The summed E-state index contributed by atoms with van der Waals surface area (Å²) in [7, 11) is 0. The zero-order valence-electron chi connectivity index (χ0n) is 13.9. The minimum atomic E-state index is 0.0694. The minimum absolute atomic E-state index is 0.0694. The SMILES string of the molecule is OCCN(CCO)CCO.Oc1ccc(C2CCCCC2)cc1. The van der Waals surface area contributed by atoms with Crippen molar-refractivity contribution < 1.29 is 20.4 Å². The lowest BCUT2D eigenvalue weighted by atomic mass is 9.84. The first-order chi connectivity index (χ1) is 11.2. The van der Waals surface area contributed by atoms with Crippen LogP contribution in [0.2, 0.25) is 0 Å². The average Bonchev–Trinajstić information content (AvgIpc) is 2.58. The quantitative estimate of drug-likeness (QED) is 0.613. The van der Waals surface area contributed by atoms with Crippen LogP contribution in [-0.2, 0) is 0 Å². The molecule has 132 valence electrons. The average molecular weight is 325 g/mol. The maximum Gasteiger partial charge on any atom is 0.115 e. The van der Waals surface area contributed by atoms with Gasteiger partial charge in [0.15, 0.2) is 0 Å². The van der Waals surface area contributed by atoms with Crippen LogP contribution in [0.15, 0.2) is 24.3 Å². The van der Waals surface area contributed by atoms with E-state index < -0.39 is 0 Å². The monoisotopic (exact) mass is 325 g/mol. The Morgan fingerprint density at radius 3 is 1.70 bits per heavy atom. The van der Waals surface area contributed by atoms with Crippen molar-refractivity contribution in [3.8, 4) is 5.75 Å². The second-order valence-corrected chi connectivity index (χ2v) is 5.94. The van der Waals surface area contributed by atoms with Crippen molar-refractivity contribution in [2.45, 2.75) is 38.0 Å². The molecule has 0 bridgehead atoms. The van der Waals surface area contributed by atoms with Crippen molar-refractivity contribution in [3.05, 3.63) is 29.8 Å². The van der Waals surface area contributed by atoms with Crippen LogP contribution in [0, 0.1) is 0 Å². The molecule has 1 aliphatic carbocycles. The number of phenols is 1. The maximum absolute atomic E-state index is 9.16. The molecular formula is C18H31NO4. The Balaban J connectivity index is 0.000000241. The third kappa shape index (κ3) is 8.32. The lowest BCUT2D eigenvalue weighted by molar-refractivity contribution is 0.136. The van der Waals surface area contributed by atoms with Gasteiger partial charge in [-0.25, -0.2) is 0 Å². The Bertz CT molecular complexity index is 376. The van der Waals surface area contributed by atoms with E-state index in [2.05, 4.69) is 12.1 Å². The Hall–Kier alpha value is -1.14. The van der Waals surface area contributed by atoms with Crippen LogP contribution in [0.4, 0.5) is 0 Å². The number of nitrogens with zero attached hydrogens (tertiary/aromatic N) is 1. The number of aliphatic hydroxyl groups excluding tert-OH is 3. The normalized spacial score (nSPS) is 15.3. The fourth-order valence-electron chi connectivity index (χ4n) is 2.94. The van der Waals surface area contributed by atoms with Crippen LogP contribution < -0.4 is 0 Å². The van der Waals surface area contributed by atoms with Crippen LogP contribution in [0.5, 0.6) is 5.75 Å². The Labute approximate surface area is 139 Å². The van der Waals surface area contributed by atoms with Gasteiger partial charge in [-0.05, 0) is 36.5 Å². The summed E-state index contributed by atoms with van der Waals surface area (Å²) in [5, 5.41) is 34.6. The molecule has 23 heavy (non-hydrogen) atoms. The molecule has 1 fully saturated rings. The van der Waals surface area contributed by atoms with Gasteiger partial charge in [0.2, 0.25) is 0 Å². The van der Waals surface area contributed by atoms with E-state index in [-0.39, 0.29) is 19.8 Å². The predicted octanol–water partition coefficient (Wildman–Crippen LogP) is 1.71. The summed E-state index contributed by atoms with van der Waals surface area (Å²) in [5.74, 6) is 1.12. The standard InChI is InChI=1S/C12H16O.C6H15NO3/c13-12-8-6-11(7-9-12)10-4-2-1-3-5-10;8-4-1-7(2-5-9)3-6-10/h6-10,13H,1-5H2;8-10H,1-6H2. The van der Waals surface area contributed by atoms with Gasteiger partial charge in [-0.2, -0.15) is 0 Å². The van der Waals surface area contributed by atoms with Crippen molar-refractivity contribution in [2.75, 3.05) is 39.5 Å². The number of rotatable bonds is 7. The molecule has 2 rings (SSSR count). The molecule has 5 nitrogen and oxygen atoms in total. The van der Waals surface area contributed by atoms with Crippen LogP contribution in [-0.4, -0.2) is 64.8 Å². The Morgan fingerprint density at radius 2 is 1.26 bits per heavy atom. The zero-order chi connectivity index (χ0) is 16.9. The van der Waals surface area contributed by atoms with Crippen LogP contribution >= 0.6 is 0 Å². The number of hydrogen-bond acceptors (Lipinski definition) is 5. The third-order valence-corrected chi connectivity index (χ3v) is 4.22. The lowest BCUT2D eigenvalue weighted by Gasteiger charge is -2.21. The minimum Gasteiger partial charge on any atom is -0.508 e. The highest BCUT2D eigenvalue weighted by molar-refractivity contribution is 5.28. The van der Waals surface area contributed by atoms with Gasteiger partial charge in [0, 0.05) is 19.6 Å². The largest absolute Gasteiger partial charge is 0.508 e. The van der Waals surface area contributed by atoms with E-state index >= 15 is 0 Å². The maximum atomic E-state index is 9.16. The van der Waals surface area contributed by atoms with E-state index in [4.69, 9.17) is 20.4 Å². The first-order valence-electron chi connectivity index (χ1n) is 8.55. The lowest BCUT2D eigenvalue weighted by Crippen LogP contribution is -2.32. The van der Waals surface area contributed by atoms with Gasteiger partial charge >= 0.3 is 0 Å². The predicted molar refractivity (Wildman–Crippen MR) is 91.6 cm³/mol. The molecular weight excluding hydrogens is 294 g/mol. The molecule has 0 spiro atoms. The van der Waals surface area contributed by atoms with Gasteiger partial charge < -0.3 is 20.4 Å². The molecule has 1 aromatic carbocycles. The molecule has 4 N–H and O–H groups in total. The van der Waals surface area contributed by atoms with E-state index in [1.165, 1.54) is 37.7 Å². The van der Waals surface area contributed by atoms with E-state index in [9.17, 15) is 0 Å². The topological polar surface area (TPSA) is 84.2 Å². The summed E-state index contributed by atoms with van der Waals surface area (Å²) in [6.45, 7) is 1.75. The number of aliphatic hydroxyl groups is 3. The summed E-state index contributed by atoms with van der Waals surface area (Å²) in [4.78, 5) is 1.79. The number of phenolic OH excluding ortho intramolecular Hbond substituents is 1. The number of hydrogen-bond donors (Lipinski definition) is 4. The third-order valence-electron chi connectivity index (χ3n) is 4.22. The van der Waals surface area contributed by atoms with Gasteiger partial charge in [0.05, 0.1) is 19.8 Å². The van der Waals surface area contributed by atoms with Gasteiger partial charge in [-0.1, -0.05) is 31.4 Å². The van der Waals surface area contributed by atoms with Crippen molar-refractivity contribution in [1.29, 1.82) is 0 Å². The molecule has 1 aliphatic rings. The van der Waals surface area contributed by atoms with Crippen molar-refractivity contribution in [3.63, 3.8) is 0 Å². The number of aromatic hydroxyl groups is 1. The fraction of sp³-hybridized carbons (Fsp3) is 0.667. The summed E-state index contributed by atoms with van der Waals surface area (Å²) in [6, 6.07) is 7.71. The highest BCUT2D eigenvalue weighted by Crippen LogP contribution is 2.32. The van der Waals surface area contributed by atoms with Crippen LogP contribution in [0.3, 0.4) is 0 Å². The molecule has 0 aromatic heterocycles. The van der Waals surface area contributed by atoms with Crippen molar-refractivity contribution >= 4 is 0 Å². The molecule has 1 saturated carbocycles. The Kier molecular flexibility index (Phi) is 10.6. The second kappa shape index (κ2) is 12.3. The Morgan fingerprint density at radius 1 is 0.783 bits per heavy atom. The van der Waals surface area contributed by atoms with Crippen LogP contribution in [0.1, 0.15) is 43.6 Å². The number of benzene rings is 1. The molecule has 0 aliphatic heterocycles. The van der Waals surface area contributed by atoms with Gasteiger partial charge in [-0.15, -0.1) is 0 Å². The smallest absolute Gasteiger partial charge is 0.115 e. The van der Waals surface area contributed by atoms with Gasteiger partial charge in [0.25, 0.3) is 0 Å². The van der Waals surface area contributed by atoms with Crippen molar-refractivity contribution in [2.24, 2.45) is 0 Å². The molecule has 5 heteroatoms. The summed E-state index contributed by atoms with van der Waals surface area (Å²) in [5.41, 5.74) is 1.40. The van der Waals surface area contributed by atoms with Gasteiger partial charge in [0.1, 0.15) is 5.75 Å². The molecule has 0 saturated heterocycles. The summed E-state index contributed by atoms with van der Waals surface area (Å²) >= 11 is 0. The molecule has 0 amide bonds. The summed E-state index contributed by atoms with van der Waals surface area (Å²) in [6.07, 6.45) is 6.78. The summed E-state index contributed by atoms with van der Waals surface area (Å²) < 4.78 is 0. The first kappa shape index (κ1) is 19.9. The molecule has 0 radical (unpaired) electrons. The molecule has 0 unspecified atom stereocenters. The highest BCUT2D eigenvalue weighted by atomic mass is 16.3. The highest BCUT2D eigenvalue weighted by Gasteiger charge is 2.14. The van der Waals surface area contributed by atoms with E-state index in [0.717, 1.165) is 5.92 Å². The van der Waals surface area contributed by atoms with Gasteiger partial charge in [-0.3, -0.25) is 4.90 Å². The van der Waals surface area contributed by atoms with E-state index in [1.807, 2.05) is 0 Å². The molecule has 1 aromatic rings. The van der Waals surface area contributed by atoms with E-state index in [1.54, 1.807) is 17.0 Å². The fourth-order valence-corrected chi connectivity index (χ4v) is 2.94. The van der Waals surface area contributed by atoms with Crippen molar-refractivity contribution in [1.82, 2.24) is 4.90 Å². The molecule has 0 atom stereocenters.